The molecule has 0 spiro atoms. The van der Waals surface area contributed by atoms with Crippen molar-refractivity contribution < 1.29 is 33.4 Å². The van der Waals surface area contributed by atoms with E-state index in [0.717, 1.165) is 5.56 Å². The molecule has 0 radical (unpaired) electrons. The SMILES string of the molecule is CCOC(=O)CNC(=O)N1Cc2ccccc2N(C(=O)c2ccc(OCCOC(C)=O)cc2Cl)C[C@H]1C. The number of hydrogen-bond donors (Lipinski definition) is 1. The van der Waals surface area contributed by atoms with Gasteiger partial charge in [-0.15, -0.1) is 0 Å². The molecule has 0 aromatic heterocycles. The first kappa shape index (κ1) is 27.8. The molecule has 198 valence electrons. The van der Waals surface area contributed by atoms with Crippen LogP contribution >= 0.6 is 11.6 Å². The minimum absolute atomic E-state index is 0.0972. The van der Waals surface area contributed by atoms with Gasteiger partial charge < -0.3 is 29.3 Å². The number of carbonyl (C=O) groups is 4. The molecule has 0 aliphatic carbocycles. The summed E-state index contributed by atoms with van der Waals surface area (Å²) in [5.74, 6) is -0.819. The number of hydrogen-bond acceptors (Lipinski definition) is 7. The van der Waals surface area contributed by atoms with Gasteiger partial charge in [0.15, 0.2) is 0 Å². The number of ether oxygens (including phenoxy) is 3. The Hall–Kier alpha value is -3.79. The summed E-state index contributed by atoms with van der Waals surface area (Å²) in [7, 11) is 0. The van der Waals surface area contributed by atoms with Crippen LogP contribution in [0.3, 0.4) is 0 Å². The van der Waals surface area contributed by atoms with Crippen molar-refractivity contribution >= 4 is 41.2 Å². The van der Waals surface area contributed by atoms with E-state index in [9.17, 15) is 19.2 Å². The van der Waals surface area contributed by atoms with Crippen molar-refractivity contribution in [3.63, 3.8) is 0 Å². The molecule has 2 aromatic carbocycles. The third kappa shape index (κ3) is 7.36. The first-order valence-electron chi connectivity index (χ1n) is 11.9. The lowest BCUT2D eigenvalue weighted by Gasteiger charge is -2.29. The highest BCUT2D eigenvalue weighted by molar-refractivity contribution is 6.34. The van der Waals surface area contributed by atoms with E-state index in [2.05, 4.69) is 5.32 Å². The largest absolute Gasteiger partial charge is 0.490 e. The van der Waals surface area contributed by atoms with E-state index in [1.54, 1.807) is 28.9 Å². The number of halogens is 1. The van der Waals surface area contributed by atoms with Gasteiger partial charge in [0.2, 0.25) is 0 Å². The van der Waals surface area contributed by atoms with Crippen LogP contribution in [0, 0.1) is 0 Å². The molecule has 0 unspecified atom stereocenters. The molecule has 37 heavy (non-hydrogen) atoms. The molecular formula is C26H30ClN3O7. The quantitative estimate of drug-likeness (QED) is 0.410. The highest BCUT2D eigenvalue weighted by Crippen LogP contribution is 2.31. The van der Waals surface area contributed by atoms with Gasteiger partial charge in [-0.3, -0.25) is 14.4 Å². The van der Waals surface area contributed by atoms with Crippen molar-refractivity contribution in [3.8, 4) is 5.75 Å². The van der Waals surface area contributed by atoms with Crippen LogP contribution in [0.2, 0.25) is 5.02 Å². The Morgan fingerprint density at radius 3 is 2.54 bits per heavy atom. The monoisotopic (exact) mass is 531 g/mol. The second-order valence-electron chi connectivity index (χ2n) is 8.32. The number of amides is 3. The van der Waals surface area contributed by atoms with Gasteiger partial charge in [0.1, 0.15) is 25.5 Å². The molecule has 3 amide bonds. The lowest BCUT2D eigenvalue weighted by atomic mass is 10.1. The van der Waals surface area contributed by atoms with E-state index in [0.29, 0.717) is 11.4 Å². The summed E-state index contributed by atoms with van der Waals surface area (Å²) >= 11 is 6.46. The Balaban J connectivity index is 1.77. The van der Waals surface area contributed by atoms with Crippen LogP contribution in [0.1, 0.15) is 36.7 Å². The van der Waals surface area contributed by atoms with Crippen LogP contribution in [0.15, 0.2) is 42.5 Å². The number of rotatable bonds is 8. The highest BCUT2D eigenvalue weighted by Gasteiger charge is 2.32. The van der Waals surface area contributed by atoms with Crippen molar-refractivity contribution in [3.05, 3.63) is 58.6 Å². The smallest absolute Gasteiger partial charge is 0.325 e. The second kappa shape index (κ2) is 13.0. The zero-order chi connectivity index (χ0) is 26.9. The zero-order valence-electron chi connectivity index (χ0n) is 21.0. The maximum absolute atomic E-state index is 13.7. The number of urea groups is 1. The molecule has 0 fully saturated rings. The van der Waals surface area contributed by atoms with Crippen LogP contribution in [0.5, 0.6) is 5.75 Å². The Labute approximate surface area is 220 Å². The summed E-state index contributed by atoms with van der Waals surface area (Å²) in [5, 5.41) is 2.79. The van der Waals surface area contributed by atoms with E-state index in [1.165, 1.54) is 13.0 Å². The van der Waals surface area contributed by atoms with Gasteiger partial charge in [-0.25, -0.2) is 4.79 Å². The summed E-state index contributed by atoms with van der Waals surface area (Å²) in [6, 6.07) is 11.2. The molecule has 10 nitrogen and oxygen atoms in total. The molecule has 1 aliphatic heterocycles. The topological polar surface area (TPSA) is 114 Å². The van der Waals surface area contributed by atoms with Crippen LogP contribution in [-0.4, -0.2) is 67.7 Å². The summed E-state index contributed by atoms with van der Waals surface area (Å²) in [6.45, 7) is 5.52. The van der Waals surface area contributed by atoms with Gasteiger partial charge in [-0.2, -0.15) is 0 Å². The highest BCUT2D eigenvalue weighted by atomic mass is 35.5. The molecular weight excluding hydrogens is 502 g/mol. The number of nitrogens with zero attached hydrogens (tertiary/aromatic N) is 2. The molecule has 3 rings (SSSR count). The Bertz CT molecular complexity index is 1160. The number of nitrogens with one attached hydrogen (secondary N) is 1. The standard InChI is InChI=1S/C26H30ClN3O7/c1-4-35-24(32)14-28-26(34)29-16-19-7-5-6-8-23(19)30(15-17(29)2)25(33)21-10-9-20(13-22(21)27)37-12-11-36-18(3)31/h5-10,13,17H,4,11-12,14-16H2,1-3H3,(H,28,34)/t17-/m1/s1. The molecule has 1 aliphatic rings. The number of para-hydroxylation sites is 1. The van der Waals surface area contributed by atoms with Crippen molar-refractivity contribution in [2.24, 2.45) is 0 Å². The van der Waals surface area contributed by atoms with E-state index in [-0.39, 0.29) is 62.0 Å². The van der Waals surface area contributed by atoms with Crippen LogP contribution < -0.4 is 15.0 Å². The van der Waals surface area contributed by atoms with Gasteiger partial charge in [0.05, 0.1) is 17.2 Å². The summed E-state index contributed by atoms with van der Waals surface area (Å²) in [5.41, 5.74) is 1.71. The van der Waals surface area contributed by atoms with E-state index >= 15 is 0 Å². The lowest BCUT2D eigenvalue weighted by Crippen LogP contribution is -2.49. The maximum atomic E-state index is 13.7. The van der Waals surface area contributed by atoms with Gasteiger partial charge >= 0.3 is 18.0 Å². The van der Waals surface area contributed by atoms with E-state index in [4.69, 9.17) is 25.8 Å². The predicted octanol–water partition coefficient (Wildman–Crippen LogP) is 3.41. The minimum atomic E-state index is -0.524. The fraction of sp³-hybridized carbons (Fsp3) is 0.385. The first-order chi connectivity index (χ1) is 17.7. The van der Waals surface area contributed by atoms with Gasteiger partial charge in [-0.05, 0) is 43.7 Å². The zero-order valence-corrected chi connectivity index (χ0v) is 21.7. The van der Waals surface area contributed by atoms with E-state index in [1.807, 2.05) is 31.2 Å². The average Bonchev–Trinajstić information content (AvgIpc) is 3.01. The summed E-state index contributed by atoms with van der Waals surface area (Å²) in [4.78, 5) is 52.3. The van der Waals surface area contributed by atoms with Gasteiger partial charge in [0.25, 0.3) is 5.91 Å². The normalized spacial score (nSPS) is 14.8. The third-order valence-electron chi connectivity index (χ3n) is 5.63. The number of carbonyl (C=O) groups excluding carboxylic acids is 4. The molecule has 0 saturated heterocycles. The van der Waals surface area contributed by atoms with Crippen LogP contribution in [-0.2, 0) is 25.6 Å². The predicted molar refractivity (Wildman–Crippen MR) is 137 cm³/mol. The Kier molecular flexibility index (Phi) is 9.73. The van der Waals surface area contributed by atoms with Crippen LogP contribution in [0.25, 0.3) is 0 Å². The summed E-state index contributed by atoms with van der Waals surface area (Å²) in [6.07, 6.45) is 0. The molecule has 0 saturated carbocycles. The van der Waals surface area contributed by atoms with Gasteiger partial charge in [-0.1, -0.05) is 29.8 Å². The molecule has 1 heterocycles. The second-order valence-corrected chi connectivity index (χ2v) is 8.72. The molecule has 1 N–H and O–H groups in total. The number of benzene rings is 2. The minimum Gasteiger partial charge on any atom is -0.490 e. The lowest BCUT2D eigenvalue weighted by molar-refractivity contribution is -0.142. The van der Waals surface area contributed by atoms with Crippen molar-refractivity contribution in [2.75, 3.05) is 37.8 Å². The fourth-order valence-corrected chi connectivity index (χ4v) is 4.13. The van der Waals surface area contributed by atoms with Crippen molar-refractivity contribution in [1.82, 2.24) is 10.2 Å². The van der Waals surface area contributed by atoms with Gasteiger partial charge in [0, 0.05) is 31.7 Å². The molecule has 2 aromatic rings. The molecule has 1 atom stereocenters. The Morgan fingerprint density at radius 1 is 1.08 bits per heavy atom. The number of fused-ring (bicyclic) bond motifs is 1. The number of esters is 2. The molecule has 0 bridgehead atoms. The molecule has 11 heteroatoms. The van der Waals surface area contributed by atoms with Crippen LogP contribution in [0.4, 0.5) is 10.5 Å². The fourth-order valence-electron chi connectivity index (χ4n) is 3.88. The number of anilines is 1. The van der Waals surface area contributed by atoms with E-state index < -0.39 is 18.0 Å². The first-order valence-corrected chi connectivity index (χ1v) is 12.2. The third-order valence-corrected chi connectivity index (χ3v) is 5.94. The average molecular weight is 532 g/mol. The maximum Gasteiger partial charge on any atom is 0.325 e. The van der Waals surface area contributed by atoms with Crippen molar-refractivity contribution in [2.45, 2.75) is 33.4 Å². The summed E-state index contributed by atoms with van der Waals surface area (Å²) < 4.78 is 15.3. The van der Waals surface area contributed by atoms with Crippen molar-refractivity contribution in [1.29, 1.82) is 0 Å². The Morgan fingerprint density at radius 2 is 1.84 bits per heavy atom.